The SMILES string of the molecule is CCC1CCCCN1C(=O)C(C)(C)C(=O)NCc1ccccn1. The Bertz CT molecular complexity index is 542. The quantitative estimate of drug-likeness (QED) is 0.849. The molecule has 5 heteroatoms. The Morgan fingerprint density at radius 2 is 2.13 bits per heavy atom. The molecular weight excluding hydrogens is 290 g/mol. The maximum atomic E-state index is 12.9. The van der Waals surface area contributed by atoms with Gasteiger partial charge in [-0.15, -0.1) is 0 Å². The molecule has 1 N–H and O–H groups in total. The number of likely N-dealkylation sites (tertiary alicyclic amines) is 1. The number of carbonyl (C=O) groups is 2. The number of pyridine rings is 1. The third-order valence-electron chi connectivity index (χ3n) is 4.62. The van der Waals surface area contributed by atoms with Gasteiger partial charge in [-0.3, -0.25) is 14.6 Å². The monoisotopic (exact) mass is 317 g/mol. The molecule has 1 fully saturated rings. The van der Waals surface area contributed by atoms with Gasteiger partial charge in [0.2, 0.25) is 11.8 Å². The molecule has 23 heavy (non-hydrogen) atoms. The molecule has 1 saturated heterocycles. The normalized spacial score (nSPS) is 18.6. The summed E-state index contributed by atoms with van der Waals surface area (Å²) in [5, 5.41) is 2.84. The second-order valence-corrected chi connectivity index (χ2v) is 6.69. The number of piperidine rings is 1. The van der Waals surface area contributed by atoms with E-state index in [1.165, 1.54) is 0 Å². The molecule has 1 atom stereocenters. The second kappa shape index (κ2) is 7.57. The van der Waals surface area contributed by atoms with Crippen LogP contribution in [0.3, 0.4) is 0 Å². The zero-order valence-corrected chi connectivity index (χ0v) is 14.3. The number of nitrogens with zero attached hydrogens (tertiary/aromatic N) is 2. The van der Waals surface area contributed by atoms with Crippen LogP contribution >= 0.6 is 0 Å². The topological polar surface area (TPSA) is 62.3 Å². The van der Waals surface area contributed by atoms with E-state index in [0.29, 0.717) is 6.54 Å². The molecule has 1 aliphatic rings. The highest BCUT2D eigenvalue weighted by Crippen LogP contribution is 2.27. The van der Waals surface area contributed by atoms with Crippen molar-refractivity contribution in [2.24, 2.45) is 5.41 Å². The van der Waals surface area contributed by atoms with Crippen molar-refractivity contribution >= 4 is 11.8 Å². The molecule has 2 heterocycles. The summed E-state index contributed by atoms with van der Waals surface area (Å²) in [4.78, 5) is 31.5. The molecule has 126 valence electrons. The van der Waals surface area contributed by atoms with Gasteiger partial charge in [-0.1, -0.05) is 13.0 Å². The van der Waals surface area contributed by atoms with Gasteiger partial charge in [-0.25, -0.2) is 0 Å². The smallest absolute Gasteiger partial charge is 0.237 e. The van der Waals surface area contributed by atoms with Crippen LogP contribution in [0.25, 0.3) is 0 Å². The average Bonchev–Trinajstić information content (AvgIpc) is 2.59. The lowest BCUT2D eigenvalue weighted by Crippen LogP contribution is -2.53. The summed E-state index contributed by atoms with van der Waals surface area (Å²) in [6, 6.07) is 5.83. The van der Waals surface area contributed by atoms with Crippen molar-refractivity contribution < 1.29 is 9.59 Å². The van der Waals surface area contributed by atoms with Crippen molar-refractivity contribution in [3.8, 4) is 0 Å². The highest BCUT2D eigenvalue weighted by molar-refractivity contribution is 6.04. The largest absolute Gasteiger partial charge is 0.350 e. The van der Waals surface area contributed by atoms with E-state index in [-0.39, 0.29) is 17.9 Å². The number of nitrogens with one attached hydrogen (secondary N) is 1. The molecule has 1 aromatic rings. The molecule has 1 aliphatic heterocycles. The van der Waals surface area contributed by atoms with E-state index in [4.69, 9.17) is 0 Å². The minimum absolute atomic E-state index is 0.0671. The molecule has 1 unspecified atom stereocenters. The Hall–Kier alpha value is -1.91. The molecule has 0 saturated carbocycles. The summed E-state index contributed by atoms with van der Waals surface area (Å²) >= 11 is 0. The summed E-state index contributed by atoms with van der Waals surface area (Å²) in [6.45, 7) is 6.63. The molecule has 0 aliphatic carbocycles. The Kier molecular flexibility index (Phi) is 5.74. The molecule has 0 spiro atoms. The lowest BCUT2D eigenvalue weighted by Gasteiger charge is -2.39. The Labute approximate surface area is 138 Å². The summed E-state index contributed by atoms with van der Waals surface area (Å²) in [7, 11) is 0. The van der Waals surface area contributed by atoms with E-state index in [1.54, 1.807) is 20.0 Å². The second-order valence-electron chi connectivity index (χ2n) is 6.69. The van der Waals surface area contributed by atoms with Gasteiger partial charge in [0.25, 0.3) is 0 Å². The lowest BCUT2D eigenvalue weighted by molar-refractivity contribution is -0.151. The van der Waals surface area contributed by atoms with Gasteiger partial charge in [-0.05, 0) is 51.7 Å². The third-order valence-corrected chi connectivity index (χ3v) is 4.62. The Morgan fingerprint density at radius 1 is 1.35 bits per heavy atom. The van der Waals surface area contributed by atoms with Gasteiger partial charge in [-0.2, -0.15) is 0 Å². The van der Waals surface area contributed by atoms with Gasteiger partial charge in [0.1, 0.15) is 5.41 Å². The lowest BCUT2D eigenvalue weighted by atomic mass is 9.87. The van der Waals surface area contributed by atoms with Gasteiger partial charge >= 0.3 is 0 Å². The predicted octanol–water partition coefficient (Wildman–Crippen LogP) is 2.52. The number of aromatic nitrogens is 1. The first kappa shape index (κ1) is 17.4. The Morgan fingerprint density at radius 3 is 2.78 bits per heavy atom. The fourth-order valence-electron chi connectivity index (χ4n) is 3.04. The minimum Gasteiger partial charge on any atom is -0.350 e. The van der Waals surface area contributed by atoms with E-state index >= 15 is 0 Å². The van der Waals surface area contributed by atoms with Crippen LogP contribution in [0.4, 0.5) is 0 Å². The first-order chi connectivity index (χ1) is 11.0. The van der Waals surface area contributed by atoms with E-state index < -0.39 is 5.41 Å². The third kappa shape index (κ3) is 4.09. The van der Waals surface area contributed by atoms with E-state index in [1.807, 2.05) is 23.1 Å². The number of hydrogen-bond donors (Lipinski definition) is 1. The van der Waals surface area contributed by atoms with Gasteiger partial charge in [0.15, 0.2) is 0 Å². The van der Waals surface area contributed by atoms with Crippen molar-refractivity contribution in [2.75, 3.05) is 6.54 Å². The molecule has 5 nitrogen and oxygen atoms in total. The van der Waals surface area contributed by atoms with Gasteiger partial charge in [0.05, 0.1) is 12.2 Å². The standard InChI is InChI=1S/C18H27N3O2/c1-4-15-10-6-8-12-21(15)17(23)18(2,3)16(22)20-13-14-9-5-7-11-19-14/h5,7,9,11,15H,4,6,8,10,12-13H2,1-3H3,(H,20,22). The zero-order chi connectivity index (χ0) is 16.9. The molecule has 2 amide bonds. The van der Waals surface area contributed by atoms with Gasteiger partial charge < -0.3 is 10.2 Å². The zero-order valence-electron chi connectivity index (χ0n) is 14.3. The first-order valence-corrected chi connectivity index (χ1v) is 8.46. The van der Waals surface area contributed by atoms with E-state index in [0.717, 1.165) is 37.9 Å². The fourth-order valence-corrected chi connectivity index (χ4v) is 3.04. The average molecular weight is 317 g/mol. The molecule has 0 radical (unpaired) electrons. The van der Waals surface area contributed by atoms with Crippen molar-refractivity contribution in [1.29, 1.82) is 0 Å². The highest BCUT2D eigenvalue weighted by Gasteiger charge is 2.41. The number of rotatable bonds is 5. The Balaban J connectivity index is 2.00. The summed E-state index contributed by atoms with van der Waals surface area (Å²) in [5.74, 6) is -0.309. The highest BCUT2D eigenvalue weighted by atomic mass is 16.2. The molecule has 0 aromatic carbocycles. The molecule has 1 aromatic heterocycles. The first-order valence-electron chi connectivity index (χ1n) is 8.46. The maximum Gasteiger partial charge on any atom is 0.237 e. The van der Waals surface area contributed by atoms with Crippen molar-refractivity contribution in [3.05, 3.63) is 30.1 Å². The van der Waals surface area contributed by atoms with Crippen LogP contribution in [0.1, 0.15) is 52.1 Å². The maximum absolute atomic E-state index is 12.9. The van der Waals surface area contributed by atoms with Crippen LogP contribution in [-0.4, -0.2) is 34.3 Å². The fraction of sp³-hybridized carbons (Fsp3) is 0.611. The van der Waals surface area contributed by atoms with Crippen LogP contribution in [0.15, 0.2) is 24.4 Å². The molecule has 2 rings (SSSR count). The van der Waals surface area contributed by atoms with E-state index in [2.05, 4.69) is 17.2 Å². The number of carbonyl (C=O) groups excluding carboxylic acids is 2. The summed E-state index contributed by atoms with van der Waals surface area (Å²) in [5.41, 5.74) is -0.270. The number of amides is 2. The van der Waals surface area contributed by atoms with Crippen LogP contribution in [-0.2, 0) is 16.1 Å². The van der Waals surface area contributed by atoms with E-state index in [9.17, 15) is 9.59 Å². The van der Waals surface area contributed by atoms with Crippen molar-refractivity contribution in [2.45, 2.75) is 59.0 Å². The molecular formula is C18H27N3O2. The molecule has 0 bridgehead atoms. The van der Waals surface area contributed by atoms with Crippen LogP contribution in [0.2, 0.25) is 0 Å². The predicted molar refractivity (Wildman–Crippen MR) is 89.5 cm³/mol. The summed E-state index contributed by atoms with van der Waals surface area (Å²) in [6.07, 6.45) is 5.85. The van der Waals surface area contributed by atoms with Crippen molar-refractivity contribution in [1.82, 2.24) is 15.2 Å². The number of hydrogen-bond acceptors (Lipinski definition) is 3. The minimum atomic E-state index is -1.06. The van der Waals surface area contributed by atoms with Crippen LogP contribution < -0.4 is 5.32 Å². The van der Waals surface area contributed by atoms with Gasteiger partial charge in [0, 0.05) is 18.8 Å². The van der Waals surface area contributed by atoms with Crippen LogP contribution in [0.5, 0.6) is 0 Å². The van der Waals surface area contributed by atoms with Crippen molar-refractivity contribution in [3.63, 3.8) is 0 Å². The summed E-state index contributed by atoms with van der Waals surface area (Å²) < 4.78 is 0. The van der Waals surface area contributed by atoms with Crippen LogP contribution in [0, 0.1) is 5.41 Å².